The standard InChI is InChI=1S/C23H26N2O3S/c1-28-19-11-13-20(14-12-19)29(26,27)24-17-23(25-15-4-5-16-25)22-10-6-8-18-7-2-3-9-21(18)22/h2-3,6-14,23-24H,4-5,15-17H2,1H3. The molecular formula is C23H26N2O3S. The minimum atomic E-state index is -3.60. The largest absolute Gasteiger partial charge is 0.497 e. The molecular weight excluding hydrogens is 384 g/mol. The Kier molecular flexibility index (Phi) is 5.85. The van der Waals surface area contributed by atoms with Gasteiger partial charge in [-0.15, -0.1) is 0 Å². The van der Waals surface area contributed by atoms with E-state index in [4.69, 9.17) is 4.74 Å². The van der Waals surface area contributed by atoms with E-state index in [1.54, 1.807) is 31.4 Å². The van der Waals surface area contributed by atoms with Crippen LogP contribution in [0.15, 0.2) is 71.6 Å². The number of ether oxygens (including phenoxy) is 1. The van der Waals surface area contributed by atoms with Crippen LogP contribution >= 0.6 is 0 Å². The number of fused-ring (bicyclic) bond motifs is 1. The molecule has 0 amide bonds. The molecule has 0 aliphatic carbocycles. The van der Waals surface area contributed by atoms with Crippen molar-refractivity contribution in [2.75, 3.05) is 26.7 Å². The van der Waals surface area contributed by atoms with Crippen LogP contribution in [0.1, 0.15) is 24.4 Å². The molecule has 29 heavy (non-hydrogen) atoms. The van der Waals surface area contributed by atoms with Crippen LogP contribution in [-0.2, 0) is 10.0 Å². The number of hydrogen-bond donors (Lipinski definition) is 1. The first kappa shape index (κ1) is 19.9. The maximum absolute atomic E-state index is 12.9. The first-order chi connectivity index (χ1) is 14.1. The summed E-state index contributed by atoms with van der Waals surface area (Å²) in [6.07, 6.45) is 2.29. The van der Waals surface area contributed by atoms with Gasteiger partial charge in [0.25, 0.3) is 0 Å². The van der Waals surface area contributed by atoms with Crippen LogP contribution < -0.4 is 9.46 Å². The molecule has 6 heteroatoms. The van der Waals surface area contributed by atoms with Crippen molar-refractivity contribution < 1.29 is 13.2 Å². The molecule has 1 heterocycles. The van der Waals surface area contributed by atoms with E-state index in [0.717, 1.165) is 25.9 Å². The lowest BCUT2D eigenvalue weighted by Gasteiger charge is -2.29. The average Bonchev–Trinajstić information content (AvgIpc) is 3.28. The SMILES string of the molecule is COc1ccc(S(=O)(=O)NCC(c2cccc3ccccc23)N2CCCC2)cc1. The number of likely N-dealkylation sites (tertiary alicyclic amines) is 1. The Morgan fingerprint density at radius 2 is 1.66 bits per heavy atom. The number of nitrogens with one attached hydrogen (secondary N) is 1. The van der Waals surface area contributed by atoms with Gasteiger partial charge in [0.15, 0.2) is 0 Å². The summed E-state index contributed by atoms with van der Waals surface area (Å²) in [6, 6.07) is 21.0. The smallest absolute Gasteiger partial charge is 0.240 e. The van der Waals surface area contributed by atoms with Crippen molar-refractivity contribution in [3.05, 3.63) is 72.3 Å². The molecule has 1 aliphatic heterocycles. The fourth-order valence-corrected chi connectivity index (χ4v) is 5.10. The molecule has 0 bridgehead atoms. The number of nitrogens with zero attached hydrogens (tertiary/aromatic N) is 1. The maximum Gasteiger partial charge on any atom is 0.240 e. The normalized spacial score (nSPS) is 16.2. The van der Waals surface area contributed by atoms with Crippen molar-refractivity contribution in [3.8, 4) is 5.75 Å². The topological polar surface area (TPSA) is 58.6 Å². The summed E-state index contributed by atoms with van der Waals surface area (Å²) >= 11 is 0. The van der Waals surface area contributed by atoms with E-state index >= 15 is 0 Å². The Hall–Kier alpha value is -2.41. The van der Waals surface area contributed by atoms with Crippen molar-refractivity contribution in [2.45, 2.75) is 23.8 Å². The predicted octanol–water partition coefficient (Wildman–Crippen LogP) is 3.96. The Balaban J connectivity index is 1.62. The molecule has 4 rings (SSSR count). The van der Waals surface area contributed by atoms with Gasteiger partial charge in [-0.25, -0.2) is 13.1 Å². The molecule has 1 unspecified atom stereocenters. The molecule has 3 aromatic rings. The second kappa shape index (κ2) is 8.53. The second-order valence-electron chi connectivity index (χ2n) is 7.35. The summed E-state index contributed by atoms with van der Waals surface area (Å²) < 4.78 is 33.7. The summed E-state index contributed by atoms with van der Waals surface area (Å²) in [5.41, 5.74) is 1.17. The van der Waals surface area contributed by atoms with Crippen LogP contribution in [0.2, 0.25) is 0 Å². The number of benzene rings is 3. The predicted molar refractivity (Wildman–Crippen MR) is 116 cm³/mol. The van der Waals surface area contributed by atoms with Crippen LogP contribution in [0.5, 0.6) is 5.75 Å². The molecule has 0 aromatic heterocycles. The molecule has 0 saturated carbocycles. The highest BCUT2D eigenvalue weighted by atomic mass is 32.2. The van der Waals surface area contributed by atoms with Gasteiger partial charge in [0.1, 0.15) is 5.75 Å². The lowest BCUT2D eigenvalue weighted by atomic mass is 9.98. The zero-order chi connectivity index (χ0) is 20.3. The third kappa shape index (κ3) is 4.29. The fraction of sp³-hybridized carbons (Fsp3) is 0.304. The van der Waals surface area contributed by atoms with Gasteiger partial charge in [-0.2, -0.15) is 0 Å². The van der Waals surface area contributed by atoms with Gasteiger partial charge < -0.3 is 4.74 Å². The molecule has 1 N–H and O–H groups in total. The fourth-order valence-electron chi connectivity index (χ4n) is 4.06. The highest BCUT2D eigenvalue weighted by Crippen LogP contribution is 2.30. The van der Waals surface area contributed by atoms with E-state index in [-0.39, 0.29) is 10.9 Å². The highest BCUT2D eigenvalue weighted by molar-refractivity contribution is 7.89. The third-order valence-electron chi connectivity index (χ3n) is 5.60. The van der Waals surface area contributed by atoms with E-state index < -0.39 is 10.0 Å². The van der Waals surface area contributed by atoms with Gasteiger partial charge in [-0.1, -0.05) is 42.5 Å². The maximum atomic E-state index is 12.9. The zero-order valence-electron chi connectivity index (χ0n) is 16.5. The Morgan fingerprint density at radius 1 is 0.966 bits per heavy atom. The first-order valence-electron chi connectivity index (χ1n) is 9.94. The van der Waals surface area contributed by atoms with E-state index in [1.807, 2.05) is 12.1 Å². The van der Waals surface area contributed by atoms with E-state index in [9.17, 15) is 8.42 Å². The van der Waals surface area contributed by atoms with Crippen molar-refractivity contribution in [2.24, 2.45) is 0 Å². The number of sulfonamides is 1. The van der Waals surface area contributed by atoms with E-state index in [2.05, 4.69) is 40.0 Å². The Bertz CT molecular complexity index is 1070. The van der Waals surface area contributed by atoms with Crippen LogP contribution in [0.25, 0.3) is 10.8 Å². The summed E-state index contributed by atoms with van der Waals surface area (Å²) in [5.74, 6) is 0.634. The molecule has 1 aliphatic rings. The minimum Gasteiger partial charge on any atom is -0.497 e. The lowest BCUT2D eigenvalue weighted by Crippen LogP contribution is -2.36. The molecule has 3 aromatic carbocycles. The molecule has 152 valence electrons. The molecule has 1 saturated heterocycles. The van der Waals surface area contributed by atoms with Crippen LogP contribution in [0.3, 0.4) is 0 Å². The van der Waals surface area contributed by atoms with Crippen LogP contribution in [0.4, 0.5) is 0 Å². The van der Waals surface area contributed by atoms with E-state index in [1.165, 1.54) is 16.3 Å². The Labute approximate surface area is 172 Å². The summed E-state index contributed by atoms with van der Waals surface area (Å²) in [5, 5.41) is 2.35. The number of rotatable bonds is 7. The van der Waals surface area contributed by atoms with Gasteiger partial charge in [0, 0.05) is 12.6 Å². The third-order valence-corrected chi connectivity index (χ3v) is 7.04. The van der Waals surface area contributed by atoms with Gasteiger partial charge in [-0.3, -0.25) is 4.90 Å². The highest BCUT2D eigenvalue weighted by Gasteiger charge is 2.26. The Morgan fingerprint density at radius 3 is 2.38 bits per heavy atom. The van der Waals surface area contributed by atoms with Crippen molar-refractivity contribution >= 4 is 20.8 Å². The van der Waals surface area contributed by atoms with Crippen LogP contribution in [0, 0.1) is 0 Å². The lowest BCUT2D eigenvalue weighted by molar-refractivity contribution is 0.248. The summed E-state index contributed by atoms with van der Waals surface area (Å²) in [6.45, 7) is 2.30. The van der Waals surface area contributed by atoms with Gasteiger partial charge in [-0.05, 0) is 66.5 Å². The average molecular weight is 411 g/mol. The van der Waals surface area contributed by atoms with Crippen molar-refractivity contribution in [1.82, 2.24) is 9.62 Å². The second-order valence-corrected chi connectivity index (χ2v) is 9.12. The van der Waals surface area contributed by atoms with Gasteiger partial charge in [0.05, 0.1) is 12.0 Å². The summed E-state index contributed by atoms with van der Waals surface area (Å²) in [7, 11) is -2.04. The van der Waals surface area contributed by atoms with Crippen LogP contribution in [-0.4, -0.2) is 40.1 Å². The van der Waals surface area contributed by atoms with Gasteiger partial charge >= 0.3 is 0 Å². The number of hydrogen-bond acceptors (Lipinski definition) is 4. The molecule has 0 spiro atoms. The quantitative estimate of drug-likeness (QED) is 0.640. The number of methoxy groups -OCH3 is 1. The summed E-state index contributed by atoms with van der Waals surface area (Å²) in [4.78, 5) is 2.63. The first-order valence-corrected chi connectivity index (χ1v) is 11.4. The van der Waals surface area contributed by atoms with Crippen molar-refractivity contribution in [1.29, 1.82) is 0 Å². The monoisotopic (exact) mass is 410 g/mol. The van der Waals surface area contributed by atoms with Gasteiger partial charge in [0.2, 0.25) is 10.0 Å². The zero-order valence-corrected chi connectivity index (χ0v) is 17.4. The molecule has 5 nitrogen and oxygen atoms in total. The van der Waals surface area contributed by atoms with Crippen molar-refractivity contribution in [3.63, 3.8) is 0 Å². The van der Waals surface area contributed by atoms with E-state index in [0.29, 0.717) is 12.3 Å². The molecule has 1 fully saturated rings. The molecule has 0 radical (unpaired) electrons. The minimum absolute atomic E-state index is 0.00313. The molecule has 1 atom stereocenters.